The predicted molar refractivity (Wildman–Crippen MR) is 88.9 cm³/mol. The molecule has 0 bridgehead atoms. The molecular formula is C17H27NO2S. The molecule has 0 radical (unpaired) electrons. The maximum atomic E-state index is 12.9. The molecule has 4 heteroatoms. The molecule has 0 saturated carbocycles. The van der Waals surface area contributed by atoms with E-state index in [-0.39, 0.29) is 17.4 Å². The Kier molecular flexibility index (Phi) is 6.40. The van der Waals surface area contributed by atoms with E-state index in [1.54, 1.807) is 0 Å². The van der Waals surface area contributed by atoms with E-state index in [1.165, 1.54) is 5.56 Å². The topological polar surface area (TPSA) is 38.3 Å². The summed E-state index contributed by atoms with van der Waals surface area (Å²) in [5.41, 5.74) is 1.21. The first-order chi connectivity index (χ1) is 10.1. The maximum Gasteiger partial charge on any atom is 0.0691 e. The summed E-state index contributed by atoms with van der Waals surface area (Å²) >= 11 is 0. The summed E-state index contributed by atoms with van der Waals surface area (Å²) in [5.74, 6) is 1.01. The molecule has 0 spiro atoms. The second-order valence-electron chi connectivity index (χ2n) is 6.07. The second-order valence-corrected chi connectivity index (χ2v) is 7.71. The zero-order valence-corrected chi connectivity index (χ0v) is 14.1. The van der Waals surface area contributed by atoms with Crippen molar-refractivity contribution < 1.29 is 8.95 Å². The molecule has 0 aromatic heterocycles. The summed E-state index contributed by atoms with van der Waals surface area (Å²) in [5, 5.41) is 3.47. The highest BCUT2D eigenvalue weighted by molar-refractivity contribution is 7.85. The van der Waals surface area contributed by atoms with Gasteiger partial charge < -0.3 is 10.1 Å². The summed E-state index contributed by atoms with van der Waals surface area (Å²) in [6.45, 7) is 5.14. The molecule has 3 nitrogen and oxygen atoms in total. The lowest BCUT2D eigenvalue weighted by Gasteiger charge is -2.30. The molecule has 1 aromatic carbocycles. The normalized spacial score (nSPS) is 23.1. The van der Waals surface area contributed by atoms with Gasteiger partial charge in [0.2, 0.25) is 0 Å². The number of rotatable bonds is 7. The van der Waals surface area contributed by atoms with Gasteiger partial charge in [0.1, 0.15) is 0 Å². The van der Waals surface area contributed by atoms with Crippen LogP contribution in [0.2, 0.25) is 0 Å². The van der Waals surface area contributed by atoms with Gasteiger partial charge in [-0.05, 0) is 31.4 Å². The van der Waals surface area contributed by atoms with Gasteiger partial charge in [-0.2, -0.15) is 0 Å². The molecule has 1 aliphatic heterocycles. The third-order valence-corrected chi connectivity index (χ3v) is 6.26. The van der Waals surface area contributed by atoms with Crippen molar-refractivity contribution in [3.8, 4) is 0 Å². The Labute approximate surface area is 130 Å². The SMILES string of the molecule is CNC(c1ccccc1)C(C(C)C)S(=O)CC1CCCO1. The number of ether oxygens (including phenoxy) is 1. The van der Waals surface area contributed by atoms with Crippen LogP contribution in [-0.4, -0.2) is 35.0 Å². The number of benzene rings is 1. The molecular weight excluding hydrogens is 282 g/mol. The molecule has 1 heterocycles. The van der Waals surface area contributed by atoms with E-state index < -0.39 is 10.8 Å². The molecule has 118 valence electrons. The molecule has 1 aromatic rings. The number of hydrogen-bond donors (Lipinski definition) is 1. The molecule has 4 atom stereocenters. The number of nitrogens with one attached hydrogen (secondary N) is 1. The second kappa shape index (κ2) is 8.06. The van der Waals surface area contributed by atoms with Crippen molar-refractivity contribution >= 4 is 10.8 Å². The molecule has 1 N–H and O–H groups in total. The van der Waals surface area contributed by atoms with E-state index in [4.69, 9.17) is 4.74 Å². The van der Waals surface area contributed by atoms with E-state index in [1.807, 2.05) is 25.2 Å². The minimum atomic E-state index is -0.896. The highest BCUT2D eigenvalue weighted by atomic mass is 32.2. The quantitative estimate of drug-likeness (QED) is 0.841. The van der Waals surface area contributed by atoms with Gasteiger partial charge in [-0.3, -0.25) is 4.21 Å². The van der Waals surface area contributed by atoms with Crippen molar-refractivity contribution in [2.75, 3.05) is 19.4 Å². The maximum absolute atomic E-state index is 12.9. The van der Waals surface area contributed by atoms with Gasteiger partial charge in [-0.25, -0.2) is 0 Å². The van der Waals surface area contributed by atoms with Crippen LogP contribution in [0.25, 0.3) is 0 Å². The van der Waals surface area contributed by atoms with Crippen molar-refractivity contribution in [3.05, 3.63) is 35.9 Å². The first-order valence-corrected chi connectivity index (χ1v) is 9.22. The fourth-order valence-electron chi connectivity index (χ4n) is 3.09. The largest absolute Gasteiger partial charge is 0.377 e. The van der Waals surface area contributed by atoms with Crippen molar-refractivity contribution in [3.63, 3.8) is 0 Å². The zero-order chi connectivity index (χ0) is 15.2. The van der Waals surface area contributed by atoms with Crippen LogP contribution in [-0.2, 0) is 15.5 Å². The van der Waals surface area contributed by atoms with Crippen molar-refractivity contribution in [1.29, 1.82) is 0 Å². The van der Waals surface area contributed by atoms with E-state index in [0.717, 1.165) is 19.4 Å². The zero-order valence-electron chi connectivity index (χ0n) is 13.2. The number of hydrogen-bond acceptors (Lipinski definition) is 3. The highest BCUT2D eigenvalue weighted by Crippen LogP contribution is 2.27. The van der Waals surface area contributed by atoms with E-state index >= 15 is 0 Å². The summed E-state index contributed by atoms with van der Waals surface area (Å²) in [6, 6.07) is 10.4. The van der Waals surface area contributed by atoms with Crippen LogP contribution in [0.5, 0.6) is 0 Å². The van der Waals surface area contributed by atoms with Crippen molar-refractivity contribution in [2.45, 2.75) is 44.1 Å². The van der Waals surface area contributed by atoms with Gasteiger partial charge >= 0.3 is 0 Å². The molecule has 21 heavy (non-hydrogen) atoms. The first-order valence-electron chi connectivity index (χ1n) is 7.84. The van der Waals surface area contributed by atoms with Crippen LogP contribution in [0.1, 0.15) is 38.3 Å². The Morgan fingerprint density at radius 3 is 2.57 bits per heavy atom. The van der Waals surface area contributed by atoms with Gasteiger partial charge in [0.25, 0.3) is 0 Å². The van der Waals surface area contributed by atoms with Crippen LogP contribution >= 0.6 is 0 Å². The summed E-state index contributed by atoms with van der Waals surface area (Å²) < 4.78 is 18.6. The monoisotopic (exact) mass is 309 g/mol. The van der Waals surface area contributed by atoms with Gasteiger partial charge in [0.05, 0.1) is 17.1 Å². The Morgan fingerprint density at radius 1 is 1.33 bits per heavy atom. The first kappa shape index (κ1) is 16.7. The Morgan fingerprint density at radius 2 is 2.05 bits per heavy atom. The average Bonchev–Trinajstić information content (AvgIpc) is 2.97. The van der Waals surface area contributed by atoms with Crippen molar-refractivity contribution in [1.82, 2.24) is 5.32 Å². The van der Waals surface area contributed by atoms with E-state index in [9.17, 15) is 4.21 Å². The van der Waals surface area contributed by atoms with Crippen LogP contribution in [0, 0.1) is 5.92 Å². The fraction of sp³-hybridized carbons (Fsp3) is 0.647. The summed E-state index contributed by atoms with van der Waals surface area (Å²) in [7, 11) is 1.06. The average molecular weight is 309 g/mol. The minimum Gasteiger partial charge on any atom is -0.377 e. The predicted octanol–water partition coefficient (Wildman–Crippen LogP) is 2.90. The molecule has 1 fully saturated rings. The highest BCUT2D eigenvalue weighted by Gasteiger charge is 2.32. The smallest absolute Gasteiger partial charge is 0.0691 e. The van der Waals surface area contributed by atoms with Crippen LogP contribution in [0.4, 0.5) is 0 Å². The minimum absolute atomic E-state index is 0.0987. The van der Waals surface area contributed by atoms with E-state index in [0.29, 0.717) is 11.7 Å². The standard InChI is InChI=1S/C17H27NO2S/c1-13(2)17(21(19)12-15-10-7-11-20-15)16(18-3)14-8-5-4-6-9-14/h4-6,8-9,13,15-18H,7,10-12H2,1-3H3. The van der Waals surface area contributed by atoms with Gasteiger partial charge in [-0.1, -0.05) is 44.2 Å². The lowest BCUT2D eigenvalue weighted by Crippen LogP contribution is -2.39. The van der Waals surface area contributed by atoms with Crippen molar-refractivity contribution in [2.24, 2.45) is 5.92 Å². The molecule has 2 rings (SSSR count). The summed E-state index contributed by atoms with van der Waals surface area (Å²) in [4.78, 5) is 0. The van der Waals surface area contributed by atoms with Gasteiger partial charge in [0.15, 0.2) is 0 Å². The van der Waals surface area contributed by atoms with Gasteiger partial charge in [0, 0.05) is 23.4 Å². The fourth-order valence-corrected chi connectivity index (χ4v) is 5.15. The third-order valence-electron chi connectivity index (χ3n) is 4.13. The molecule has 1 saturated heterocycles. The lowest BCUT2D eigenvalue weighted by atomic mass is 9.96. The lowest BCUT2D eigenvalue weighted by molar-refractivity contribution is 0.128. The van der Waals surface area contributed by atoms with E-state index in [2.05, 4.69) is 31.3 Å². The van der Waals surface area contributed by atoms with Crippen LogP contribution in [0.3, 0.4) is 0 Å². The Bertz CT molecular complexity index is 443. The molecule has 1 aliphatic rings. The van der Waals surface area contributed by atoms with Crippen LogP contribution in [0.15, 0.2) is 30.3 Å². The van der Waals surface area contributed by atoms with Crippen LogP contribution < -0.4 is 5.32 Å². The summed E-state index contributed by atoms with van der Waals surface area (Å²) in [6.07, 6.45) is 2.33. The Hall–Kier alpha value is -0.710. The Balaban J connectivity index is 2.14. The molecule has 0 amide bonds. The molecule has 4 unspecified atom stereocenters. The third kappa shape index (κ3) is 4.38. The molecule has 0 aliphatic carbocycles. The van der Waals surface area contributed by atoms with Gasteiger partial charge in [-0.15, -0.1) is 0 Å².